The smallest absolute Gasteiger partial charge is 0.406 e. The van der Waals surface area contributed by atoms with Crippen molar-refractivity contribution in [3.8, 4) is 5.75 Å². The quantitative estimate of drug-likeness (QED) is 0.497. The summed E-state index contributed by atoms with van der Waals surface area (Å²) in [5, 5.41) is 10.5. The lowest BCUT2D eigenvalue weighted by atomic mass is 9.89. The van der Waals surface area contributed by atoms with E-state index in [2.05, 4.69) is 14.7 Å². The van der Waals surface area contributed by atoms with Gasteiger partial charge in [-0.3, -0.25) is 10.2 Å². The largest absolute Gasteiger partial charge is 0.573 e. The molecule has 0 amide bonds. The summed E-state index contributed by atoms with van der Waals surface area (Å²) in [5.41, 5.74) is 3.65. The number of hydrogen-bond acceptors (Lipinski definition) is 3. The van der Waals surface area contributed by atoms with Gasteiger partial charge in [-0.25, -0.2) is 0 Å². The van der Waals surface area contributed by atoms with E-state index in [0.29, 0.717) is 17.7 Å². The molecular weight excluding hydrogens is 421 g/mol. The van der Waals surface area contributed by atoms with E-state index in [1.807, 2.05) is 5.32 Å². The third-order valence-electron chi connectivity index (χ3n) is 6.16. The van der Waals surface area contributed by atoms with E-state index in [-0.39, 0.29) is 22.9 Å². The Kier molecular flexibility index (Phi) is 6.19. The topological polar surface area (TPSA) is 94.9 Å². The van der Waals surface area contributed by atoms with Gasteiger partial charge >= 0.3 is 6.36 Å². The number of piperidine rings is 1. The molecule has 0 bridgehead atoms. The zero-order chi connectivity index (χ0) is 22.9. The Balaban J connectivity index is 1.51. The Labute approximate surface area is 183 Å². The number of H-pyrrole nitrogens is 1. The van der Waals surface area contributed by atoms with E-state index in [1.165, 1.54) is 12.1 Å². The fourth-order valence-electron chi connectivity index (χ4n) is 4.52. The number of rotatable bonds is 3. The maximum Gasteiger partial charge on any atom is 0.573 e. The molecule has 1 aliphatic heterocycles. The van der Waals surface area contributed by atoms with Crippen LogP contribution in [-0.2, 0) is 12.8 Å². The SMILES string of the molecule is Cc1c(C(=N)N=C2CC(c3ccc(OC(F)(F)F)cc3)CC[NH2+]2)[nH]c2c(c1=O)CCCC2. The molecule has 9 heteroatoms. The lowest BCUT2D eigenvalue weighted by molar-refractivity contribution is -0.548. The summed E-state index contributed by atoms with van der Waals surface area (Å²) in [7, 11) is 0. The van der Waals surface area contributed by atoms with Crippen molar-refractivity contribution < 1.29 is 23.2 Å². The Morgan fingerprint density at radius 3 is 2.66 bits per heavy atom. The first-order valence-electron chi connectivity index (χ1n) is 10.8. The first-order valence-corrected chi connectivity index (χ1v) is 10.8. The van der Waals surface area contributed by atoms with Crippen LogP contribution in [0.4, 0.5) is 13.2 Å². The second kappa shape index (κ2) is 8.90. The third kappa shape index (κ3) is 4.93. The van der Waals surface area contributed by atoms with Gasteiger partial charge in [-0.1, -0.05) is 12.1 Å². The number of aromatic nitrogens is 1. The number of hydrogen-bond donors (Lipinski definition) is 3. The van der Waals surface area contributed by atoms with Gasteiger partial charge in [-0.2, -0.15) is 4.99 Å². The second-order valence-electron chi connectivity index (χ2n) is 8.37. The number of amidine groups is 2. The van der Waals surface area contributed by atoms with E-state index >= 15 is 0 Å². The Hall–Kier alpha value is -2.94. The molecule has 1 fully saturated rings. The number of ether oxygens (including phenoxy) is 1. The van der Waals surface area contributed by atoms with Crippen LogP contribution in [0.5, 0.6) is 5.75 Å². The summed E-state index contributed by atoms with van der Waals surface area (Å²) in [6.07, 6.45) is 0.331. The molecule has 4 rings (SSSR count). The van der Waals surface area contributed by atoms with E-state index in [4.69, 9.17) is 5.41 Å². The number of aromatic amines is 1. The molecule has 1 aliphatic carbocycles. The average molecular weight is 447 g/mol. The molecule has 1 aromatic heterocycles. The minimum absolute atomic E-state index is 0.00469. The fourth-order valence-corrected chi connectivity index (χ4v) is 4.52. The molecule has 2 heterocycles. The Morgan fingerprint density at radius 1 is 1.22 bits per heavy atom. The van der Waals surface area contributed by atoms with E-state index in [9.17, 15) is 18.0 Å². The highest BCUT2D eigenvalue weighted by atomic mass is 19.4. The summed E-state index contributed by atoms with van der Waals surface area (Å²) in [6.45, 7) is 2.49. The number of nitrogens with zero attached hydrogens (tertiary/aromatic N) is 1. The molecule has 1 atom stereocenters. The van der Waals surface area contributed by atoms with Gasteiger partial charge < -0.3 is 15.0 Å². The van der Waals surface area contributed by atoms with Crippen LogP contribution in [0.25, 0.3) is 0 Å². The number of fused-ring (bicyclic) bond motifs is 1. The number of benzene rings is 1. The Morgan fingerprint density at radius 2 is 1.94 bits per heavy atom. The van der Waals surface area contributed by atoms with Gasteiger partial charge in [0.05, 0.1) is 12.2 Å². The number of nitrogens with one attached hydrogen (secondary N) is 2. The predicted octanol–water partition coefficient (Wildman–Crippen LogP) is 3.33. The fraction of sp³-hybridized carbons (Fsp3) is 0.435. The molecule has 6 nitrogen and oxygen atoms in total. The molecule has 32 heavy (non-hydrogen) atoms. The molecule has 4 N–H and O–H groups in total. The van der Waals surface area contributed by atoms with Crippen LogP contribution in [0.15, 0.2) is 34.1 Å². The minimum Gasteiger partial charge on any atom is -0.406 e. The van der Waals surface area contributed by atoms with Crippen LogP contribution in [0, 0.1) is 12.3 Å². The van der Waals surface area contributed by atoms with Crippen molar-refractivity contribution in [3.63, 3.8) is 0 Å². The average Bonchev–Trinajstić information content (AvgIpc) is 2.76. The third-order valence-corrected chi connectivity index (χ3v) is 6.16. The van der Waals surface area contributed by atoms with Gasteiger partial charge in [-0.05, 0) is 50.3 Å². The summed E-state index contributed by atoms with van der Waals surface area (Å²) in [6, 6.07) is 5.93. The number of pyridine rings is 1. The van der Waals surface area contributed by atoms with Crippen molar-refractivity contribution in [2.24, 2.45) is 4.99 Å². The lowest BCUT2D eigenvalue weighted by Gasteiger charge is -2.22. The minimum atomic E-state index is -4.71. The van der Waals surface area contributed by atoms with Crippen molar-refractivity contribution in [3.05, 3.63) is 62.6 Å². The highest BCUT2D eigenvalue weighted by Gasteiger charge is 2.31. The molecular formula is C23H26F3N4O2+. The van der Waals surface area contributed by atoms with Gasteiger partial charge in [0.1, 0.15) is 5.75 Å². The molecule has 1 saturated heterocycles. The van der Waals surface area contributed by atoms with Crippen LogP contribution >= 0.6 is 0 Å². The molecule has 1 unspecified atom stereocenters. The maximum atomic E-state index is 12.7. The van der Waals surface area contributed by atoms with E-state index in [0.717, 1.165) is 61.3 Å². The van der Waals surface area contributed by atoms with Gasteiger partial charge in [0.15, 0.2) is 11.3 Å². The predicted molar refractivity (Wildman–Crippen MR) is 115 cm³/mol. The van der Waals surface area contributed by atoms with Crippen molar-refractivity contribution >= 4 is 11.7 Å². The first-order chi connectivity index (χ1) is 15.2. The van der Waals surface area contributed by atoms with E-state index < -0.39 is 6.36 Å². The van der Waals surface area contributed by atoms with Gasteiger partial charge in [0.2, 0.25) is 5.84 Å². The normalized spacial score (nSPS) is 20.1. The molecule has 2 aromatic rings. The molecule has 170 valence electrons. The highest BCUT2D eigenvalue weighted by Crippen LogP contribution is 2.28. The molecule has 0 spiro atoms. The number of aryl methyl sites for hydroxylation is 1. The van der Waals surface area contributed by atoms with Crippen molar-refractivity contribution in [2.75, 3.05) is 6.54 Å². The second-order valence-corrected chi connectivity index (χ2v) is 8.37. The van der Waals surface area contributed by atoms with E-state index in [1.54, 1.807) is 19.1 Å². The lowest BCUT2D eigenvalue weighted by Crippen LogP contribution is -2.90. The standard InChI is InChI=1S/C23H25F3N4O2/c1-13-20(29-18-5-3-2-4-17(18)21(13)31)22(27)30-19-12-15(10-11-28-19)14-6-8-16(9-7-14)32-23(24,25)26/h6-9,15H,2-5,10-12H2,1H3,(H,29,31)(H2,27,28,30)/p+1. The molecule has 1 aromatic carbocycles. The van der Waals surface area contributed by atoms with Crippen LogP contribution in [-0.4, -0.2) is 29.6 Å². The number of quaternary nitrogens is 1. The Bertz CT molecular complexity index is 1100. The van der Waals surface area contributed by atoms with Crippen LogP contribution in [0.2, 0.25) is 0 Å². The molecule has 2 aliphatic rings. The molecule has 0 radical (unpaired) electrons. The monoisotopic (exact) mass is 447 g/mol. The zero-order valence-corrected chi connectivity index (χ0v) is 17.8. The first kappa shape index (κ1) is 22.3. The summed E-state index contributed by atoms with van der Waals surface area (Å²) >= 11 is 0. The van der Waals surface area contributed by atoms with Gasteiger partial charge in [0, 0.05) is 35.6 Å². The summed E-state index contributed by atoms with van der Waals surface area (Å²) < 4.78 is 41.1. The number of halogens is 3. The van der Waals surface area contributed by atoms with Crippen LogP contribution in [0.3, 0.4) is 0 Å². The number of nitrogens with two attached hydrogens (primary N) is 1. The van der Waals surface area contributed by atoms with Gasteiger partial charge in [-0.15, -0.1) is 13.2 Å². The summed E-state index contributed by atoms with van der Waals surface area (Å²) in [5.74, 6) is 0.634. The zero-order valence-electron chi connectivity index (χ0n) is 17.8. The molecule has 0 saturated carbocycles. The van der Waals surface area contributed by atoms with Crippen molar-refractivity contribution in [1.29, 1.82) is 5.41 Å². The van der Waals surface area contributed by atoms with Crippen LogP contribution < -0.4 is 15.5 Å². The highest BCUT2D eigenvalue weighted by molar-refractivity contribution is 6.02. The van der Waals surface area contributed by atoms with Crippen molar-refractivity contribution in [1.82, 2.24) is 4.98 Å². The van der Waals surface area contributed by atoms with Crippen molar-refractivity contribution in [2.45, 2.75) is 57.7 Å². The summed E-state index contributed by atoms with van der Waals surface area (Å²) in [4.78, 5) is 20.5. The number of aliphatic imine (C=N–C) groups is 1. The van der Waals surface area contributed by atoms with Crippen LogP contribution in [0.1, 0.15) is 59.7 Å². The maximum absolute atomic E-state index is 12.7. The number of alkyl halides is 3. The van der Waals surface area contributed by atoms with Gasteiger partial charge in [0.25, 0.3) is 0 Å².